The fourth-order valence-corrected chi connectivity index (χ4v) is 4.36. The average molecular weight is 484 g/mol. The quantitative estimate of drug-likeness (QED) is 0.326. The van der Waals surface area contributed by atoms with Crippen LogP contribution in [0.25, 0.3) is 17.1 Å². The highest BCUT2D eigenvalue weighted by Gasteiger charge is 2.21. The van der Waals surface area contributed by atoms with Gasteiger partial charge < -0.3 is 19.3 Å². The van der Waals surface area contributed by atoms with Crippen molar-refractivity contribution in [2.24, 2.45) is 0 Å². The summed E-state index contributed by atoms with van der Waals surface area (Å²) in [5.41, 5.74) is 2.66. The molecule has 0 atom stereocenters. The van der Waals surface area contributed by atoms with Crippen molar-refractivity contribution in [3.05, 3.63) is 71.2 Å². The van der Waals surface area contributed by atoms with Gasteiger partial charge in [-0.3, -0.25) is 4.57 Å². The van der Waals surface area contributed by atoms with Gasteiger partial charge in [0.1, 0.15) is 5.75 Å². The Kier molecular flexibility index (Phi) is 6.96. The first kappa shape index (κ1) is 22.8. The molecule has 0 aliphatic heterocycles. The van der Waals surface area contributed by atoms with Crippen molar-refractivity contribution in [3.8, 4) is 40.1 Å². The lowest BCUT2D eigenvalue weighted by molar-refractivity contribution is 0.324. The number of methoxy groups -OCH3 is 3. The summed E-state index contributed by atoms with van der Waals surface area (Å²) in [4.78, 5) is 0. The Labute approximate surface area is 200 Å². The number of phenolic OH excluding ortho intramolecular Hbond substituents is 1. The second-order valence-electron chi connectivity index (χ2n) is 6.99. The molecule has 0 bridgehead atoms. The van der Waals surface area contributed by atoms with E-state index in [0.717, 1.165) is 16.8 Å². The summed E-state index contributed by atoms with van der Waals surface area (Å²) >= 11 is 7.55. The Balaban J connectivity index is 1.80. The number of hydrogen-bond acceptors (Lipinski definition) is 7. The van der Waals surface area contributed by atoms with Gasteiger partial charge in [0.15, 0.2) is 22.5 Å². The highest BCUT2D eigenvalue weighted by atomic mass is 35.5. The van der Waals surface area contributed by atoms with Crippen molar-refractivity contribution in [2.45, 2.75) is 10.9 Å². The van der Waals surface area contributed by atoms with E-state index in [1.54, 1.807) is 45.2 Å². The predicted octanol–water partition coefficient (Wildman–Crippen LogP) is 5.61. The average Bonchev–Trinajstić information content (AvgIpc) is 3.27. The number of phenols is 1. The molecule has 4 rings (SSSR count). The highest BCUT2D eigenvalue weighted by molar-refractivity contribution is 7.98. The molecule has 9 heteroatoms. The van der Waals surface area contributed by atoms with Gasteiger partial charge in [0.2, 0.25) is 5.75 Å². The lowest BCUT2D eigenvalue weighted by Gasteiger charge is -2.15. The zero-order valence-electron chi connectivity index (χ0n) is 18.3. The topological polar surface area (TPSA) is 78.6 Å². The van der Waals surface area contributed by atoms with Crippen LogP contribution in [0.3, 0.4) is 0 Å². The van der Waals surface area contributed by atoms with Crippen LogP contribution < -0.4 is 14.2 Å². The van der Waals surface area contributed by atoms with Gasteiger partial charge in [-0.1, -0.05) is 35.5 Å². The molecule has 0 aliphatic rings. The number of hydrogen-bond donors (Lipinski definition) is 1. The molecular formula is C24H22ClN3O4S. The van der Waals surface area contributed by atoms with Crippen molar-refractivity contribution < 1.29 is 19.3 Å². The summed E-state index contributed by atoms with van der Waals surface area (Å²) in [6, 6.07) is 18.2. The molecule has 0 spiro atoms. The number of rotatable bonds is 8. The molecule has 0 aliphatic carbocycles. The third kappa shape index (κ3) is 4.86. The second-order valence-corrected chi connectivity index (χ2v) is 8.37. The third-order valence-electron chi connectivity index (χ3n) is 4.95. The molecule has 0 saturated carbocycles. The largest absolute Gasteiger partial charge is 0.508 e. The maximum atomic E-state index is 9.78. The molecule has 0 unspecified atom stereocenters. The first-order chi connectivity index (χ1) is 16.0. The Morgan fingerprint density at radius 2 is 1.52 bits per heavy atom. The summed E-state index contributed by atoms with van der Waals surface area (Å²) in [6.45, 7) is 0. The minimum Gasteiger partial charge on any atom is -0.508 e. The van der Waals surface area contributed by atoms with E-state index in [0.29, 0.717) is 39.0 Å². The number of aromatic nitrogens is 3. The van der Waals surface area contributed by atoms with Gasteiger partial charge in [-0.05, 0) is 54.1 Å². The number of nitrogens with zero attached hydrogens (tertiary/aromatic N) is 3. The van der Waals surface area contributed by atoms with Crippen LogP contribution in [0.5, 0.6) is 23.0 Å². The molecular weight excluding hydrogens is 462 g/mol. The van der Waals surface area contributed by atoms with Crippen LogP contribution in [0.2, 0.25) is 5.02 Å². The number of halogens is 1. The van der Waals surface area contributed by atoms with Crippen molar-refractivity contribution in [3.63, 3.8) is 0 Å². The maximum absolute atomic E-state index is 9.78. The second kappa shape index (κ2) is 10.1. The van der Waals surface area contributed by atoms with Crippen molar-refractivity contribution in [1.29, 1.82) is 0 Å². The van der Waals surface area contributed by atoms with Gasteiger partial charge >= 0.3 is 0 Å². The molecule has 170 valence electrons. The van der Waals surface area contributed by atoms with Crippen LogP contribution in [0.15, 0.2) is 65.8 Å². The fourth-order valence-electron chi connectivity index (χ4n) is 3.32. The van der Waals surface area contributed by atoms with E-state index in [2.05, 4.69) is 10.2 Å². The lowest BCUT2D eigenvalue weighted by Crippen LogP contribution is -2.01. The number of benzene rings is 3. The molecule has 1 heterocycles. The zero-order valence-corrected chi connectivity index (χ0v) is 19.9. The number of aromatic hydroxyl groups is 1. The normalized spacial score (nSPS) is 10.8. The zero-order chi connectivity index (χ0) is 23.4. The molecule has 7 nitrogen and oxygen atoms in total. The summed E-state index contributed by atoms with van der Waals surface area (Å²) in [7, 11) is 4.70. The van der Waals surface area contributed by atoms with Crippen molar-refractivity contribution >= 4 is 23.4 Å². The van der Waals surface area contributed by atoms with E-state index in [1.165, 1.54) is 0 Å². The van der Waals surface area contributed by atoms with Crippen LogP contribution in [0.1, 0.15) is 5.56 Å². The van der Waals surface area contributed by atoms with Crippen LogP contribution in [0, 0.1) is 0 Å². The monoisotopic (exact) mass is 483 g/mol. The summed E-state index contributed by atoms with van der Waals surface area (Å²) in [5.74, 6) is 2.99. The molecule has 1 N–H and O–H groups in total. The SMILES string of the molecule is COc1cc(-c2nnc(SCc3ccc(Cl)cc3)n2-c2ccc(O)cc2)cc(OC)c1OC. The fraction of sp³-hybridized carbons (Fsp3) is 0.167. The molecule has 3 aromatic carbocycles. The lowest BCUT2D eigenvalue weighted by atomic mass is 10.1. The van der Waals surface area contributed by atoms with Gasteiger partial charge in [-0.15, -0.1) is 10.2 Å². The Hall–Kier alpha value is -3.36. The predicted molar refractivity (Wildman–Crippen MR) is 129 cm³/mol. The van der Waals surface area contributed by atoms with Gasteiger partial charge in [-0.25, -0.2) is 0 Å². The van der Waals surface area contributed by atoms with Crippen LogP contribution in [-0.2, 0) is 5.75 Å². The van der Waals surface area contributed by atoms with Crippen molar-refractivity contribution in [2.75, 3.05) is 21.3 Å². The minimum atomic E-state index is 0.177. The Morgan fingerprint density at radius 3 is 2.09 bits per heavy atom. The van der Waals surface area contributed by atoms with Gasteiger partial charge in [-0.2, -0.15) is 0 Å². The van der Waals surface area contributed by atoms with Crippen LogP contribution >= 0.6 is 23.4 Å². The van der Waals surface area contributed by atoms with E-state index < -0.39 is 0 Å². The van der Waals surface area contributed by atoms with E-state index >= 15 is 0 Å². The highest BCUT2D eigenvalue weighted by Crippen LogP contribution is 2.42. The van der Waals surface area contributed by atoms with Gasteiger partial charge in [0.05, 0.1) is 21.3 Å². The summed E-state index contributed by atoms with van der Waals surface area (Å²) in [5, 5.41) is 20.1. The van der Waals surface area contributed by atoms with Gasteiger partial charge in [0.25, 0.3) is 0 Å². The van der Waals surface area contributed by atoms with E-state index in [4.69, 9.17) is 25.8 Å². The molecule has 4 aromatic rings. The Morgan fingerprint density at radius 1 is 0.879 bits per heavy atom. The van der Waals surface area contributed by atoms with Crippen LogP contribution in [-0.4, -0.2) is 41.2 Å². The van der Waals surface area contributed by atoms with Crippen molar-refractivity contribution in [1.82, 2.24) is 14.8 Å². The number of thioether (sulfide) groups is 1. The minimum absolute atomic E-state index is 0.177. The maximum Gasteiger partial charge on any atom is 0.203 e. The third-order valence-corrected chi connectivity index (χ3v) is 6.20. The van der Waals surface area contributed by atoms with Crippen LogP contribution in [0.4, 0.5) is 0 Å². The van der Waals surface area contributed by atoms with Gasteiger partial charge in [0, 0.05) is 22.0 Å². The molecule has 0 amide bonds. The van der Waals surface area contributed by atoms with E-state index in [9.17, 15) is 5.11 Å². The van der Waals surface area contributed by atoms with E-state index in [1.807, 2.05) is 53.1 Å². The first-order valence-electron chi connectivity index (χ1n) is 9.96. The summed E-state index contributed by atoms with van der Waals surface area (Å²) in [6.07, 6.45) is 0. The van der Waals surface area contributed by atoms with E-state index in [-0.39, 0.29) is 5.75 Å². The standard InChI is InChI=1S/C24H22ClN3O4S/c1-30-20-12-16(13-21(31-2)22(20)32-3)23-26-27-24(28(23)18-8-10-19(29)11-9-18)33-14-15-4-6-17(25)7-5-15/h4-13,29H,14H2,1-3H3. The first-order valence-corrected chi connectivity index (χ1v) is 11.3. The smallest absolute Gasteiger partial charge is 0.203 e. The summed E-state index contributed by atoms with van der Waals surface area (Å²) < 4.78 is 18.4. The Bertz CT molecular complexity index is 1220. The molecule has 1 aromatic heterocycles. The number of ether oxygens (including phenoxy) is 3. The molecule has 0 saturated heterocycles. The molecule has 33 heavy (non-hydrogen) atoms. The molecule has 0 fully saturated rings. The molecule has 0 radical (unpaired) electrons.